The van der Waals surface area contributed by atoms with Crippen molar-refractivity contribution in [2.75, 3.05) is 11.1 Å². The quantitative estimate of drug-likeness (QED) is 0.524. The summed E-state index contributed by atoms with van der Waals surface area (Å²) in [7, 11) is 0. The Bertz CT molecular complexity index is 958. The van der Waals surface area contributed by atoms with Crippen molar-refractivity contribution in [2.24, 2.45) is 0 Å². The smallest absolute Gasteiger partial charge is 0.277 e. The maximum Gasteiger partial charge on any atom is 0.277 e. The van der Waals surface area contributed by atoms with Crippen molar-refractivity contribution < 1.29 is 18.4 Å². The molecule has 1 aromatic heterocycles. The van der Waals surface area contributed by atoms with E-state index in [1.54, 1.807) is 36.4 Å². The van der Waals surface area contributed by atoms with E-state index in [2.05, 4.69) is 15.5 Å². The number of halogens is 1. The number of hydrogen-bond acceptors (Lipinski definition) is 6. The highest BCUT2D eigenvalue weighted by atomic mass is 32.2. The van der Waals surface area contributed by atoms with Gasteiger partial charge in [0.05, 0.1) is 17.0 Å². The summed E-state index contributed by atoms with van der Waals surface area (Å²) in [5.74, 6) is -0.876. The van der Waals surface area contributed by atoms with Crippen LogP contribution in [0.3, 0.4) is 0 Å². The molecule has 1 amide bonds. The number of thioether (sulfide) groups is 1. The molecule has 132 valence electrons. The van der Waals surface area contributed by atoms with Gasteiger partial charge in [-0.3, -0.25) is 9.59 Å². The van der Waals surface area contributed by atoms with Crippen LogP contribution in [0, 0.1) is 5.82 Å². The first-order valence-corrected chi connectivity index (χ1v) is 8.64. The summed E-state index contributed by atoms with van der Waals surface area (Å²) in [5.41, 5.74) is 1.08. The van der Waals surface area contributed by atoms with Gasteiger partial charge in [0.2, 0.25) is 5.91 Å². The molecule has 0 saturated heterocycles. The fraction of sp³-hybridized carbons (Fsp3) is 0.111. The summed E-state index contributed by atoms with van der Waals surface area (Å²) in [4.78, 5) is 23.7. The second-order valence-electron chi connectivity index (χ2n) is 5.29. The molecule has 0 spiro atoms. The van der Waals surface area contributed by atoms with E-state index in [0.717, 1.165) is 11.8 Å². The summed E-state index contributed by atoms with van der Waals surface area (Å²) >= 11 is 1.02. The lowest BCUT2D eigenvalue weighted by Gasteiger charge is -2.08. The zero-order valence-corrected chi connectivity index (χ0v) is 14.5. The number of ketones is 1. The van der Waals surface area contributed by atoms with Gasteiger partial charge in [-0.05, 0) is 31.2 Å². The first-order valence-electron chi connectivity index (χ1n) is 7.65. The van der Waals surface area contributed by atoms with Crippen LogP contribution in [0.1, 0.15) is 17.3 Å². The second kappa shape index (κ2) is 7.92. The highest BCUT2D eigenvalue weighted by Crippen LogP contribution is 2.25. The molecule has 0 aliphatic rings. The number of nitrogens with zero attached hydrogens (tertiary/aromatic N) is 2. The third-order valence-electron chi connectivity index (χ3n) is 3.42. The molecule has 0 fully saturated rings. The van der Waals surface area contributed by atoms with Crippen molar-refractivity contribution >= 4 is 29.1 Å². The van der Waals surface area contributed by atoms with E-state index >= 15 is 0 Å². The Morgan fingerprint density at radius 2 is 1.85 bits per heavy atom. The predicted molar refractivity (Wildman–Crippen MR) is 95.5 cm³/mol. The zero-order valence-electron chi connectivity index (χ0n) is 13.7. The van der Waals surface area contributed by atoms with Crippen LogP contribution in [-0.2, 0) is 4.79 Å². The SMILES string of the molecule is CC(=O)c1ccccc1NC(=O)CSc1nnc(-c2ccccc2F)o1. The molecule has 8 heteroatoms. The highest BCUT2D eigenvalue weighted by Gasteiger charge is 2.15. The number of carbonyl (C=O) groups excluding carboxylic acids is 2. The van der Waals surface area contributed by atoms with Gasteiger partial charge in [0.15, 0.2) is 5.78 Å². The molecular formula is C18H14FN3O3S. The largest absolute Gasteiger partial charge is 0.411 e. The minimum Gasteiger partial charge on any atom is -0.411 e. The molecule has 26 heavy (non-hydrogen) atoms. The van der Waals surface area contributed by atoms with E-state index in [9.17, 15) is 14.0 Å². The lowest BCUT2D eigenvalue weighted by molar-refractivity contribution is -0.113. The van der Waals surface area contributed by atoms with Gasteiger partial charge in [-0.25, -0.2) is 4.39 Å². The molecule has 2 aromatic carbocycles. The molecule has 3 rings (SSSR count). The van der Waals surface area contributed by atoms with Crippen LogP contribution in [0.5, 0.6) is 0 Å². The van der Waals surface area contributed by atoms with Crippen LogP contribution in [-0.4, -0.2) is 27.6 Å². The number of Topliss-reactive ketones (excluding diaryl/α,β-unsaturated/α-hetero) is 1. The van der Waals surface area contributed by atoms with E-state index < -0.39 is 5.82 Å². The summed E-state index contributed by atoms with van der Waals surface area (Å²) in [6, 6.07) is 12.8. The molecule has 1 heterocycles. The monoisotopic (exact) mass is 371 g/mol. The molecule has 0 radical (unpaired) electrons. The number of benzene rings is 2. The van der Waals surface area contributed by atoms with Gasteiger partial charge >= 0.3 is 0 Å². The van der Waals surface area contributed by atoms with E-state index in [4.69, 9.17) is 4.42 Å². The summed E-state index contributed by atoms with van der Waals surface area (Å²) in [6.07, 6.45) is 0. The first kappa shape index (κ1) is 17.8. The van der Waals surface area contributed by atoms with Crippen LogP contribution in [0.4, 0.5) is 10.1 Å². The molecule has 1 N–H and O–H groups in total. The van der Waals surface area contributed by atoms with Crippen LogP contribution in [0.25, 0.3) is 11.5 Å². The minimum absolute atomic E-state index is 0.00510. The standard InChI is InChI=1S/C18H14FN3O3S/c1-11(23)12-6-3-5-9-15(12)20-16(24)10-26-18-22-21-17(25-18)13-7-2-4-8-14(13)19/h2-9H,10H2,1H3,(H,20,24). The Hall–Kier alpha value is -3.00. The van der Waals surface area contributed by atoms with Gasteiger partial charge < -0.3 is 9.73 Å². The molecular weight excluding hydrogens is 357 g/mol. The van der Waals surface area contributed by atoms with Gasteiger partial charge in [0.1, 0.15) is 5.82 Å². The van der Waals surface area contributed by atoms with Crippen molar-refractivity contribution in [3.05, 3.63) is 59.9 Å². The molecule has 0 aliphatic carbocycles. The predicted octanol–water partition coefficient (Wildman–Crippen LogP) is 3.81. The normalized spacial score (nSPS) is 10.5. The van der Waals surface area contributed by atoms with Gasteiger partial charge in [-0.2, -0.15) is 0 Å². The molecule has 0 bridgehead atoms. The topological polar surface area (TPSA) is 85.1 Å². The molecule has 0 atom stereocenters. The Balaban J connectivity index is 1.63. The molecule has 6 nitrogen and oxygen atoms in total. The lowest BCUT2D eigenvalue weighted by Crippen LogP contribution is -2.16. The number of hydrogen-bond donors (Lipinski definition) is 1. The molecule has 0 aliphatic heterocycles. The van der Waals surface area contributed by atoms with E-state index in [1.165, 1.54) is 19.1 Å². The Kier molecular flexibility index (Phi) is 5.43. The Morgan fingerprint density at radius 3 is 2.62 bits per heavy atom. The average molecular weight is 371 g/mol. The number of anilines is 1. The number of nitrogens with one attached hydrogen (secondary N) is 1. The van der Waals surface area contributed by atoms with E-state index in [1.807, 2.05) is 0 Å². The van der Waals surface area contributed by atoms with Crippen LogP contribution < -0.4 is 5.32 Å². The fourth-order valence-electron chi connectivity index (χ4n) is 2.22. The van der Waals surface area contributed by atoms with Crippen molar-refractivity contribution in [2.45, 2.75) is 12.1 Å². The van der Waals surface area contributed by atoms with Crippen LogP contribution >= 0.6 is 11.8 Å². The lowest BCUT2D eigenvalue weighted by atomic mass is 10.1. The first-order chi connectivity index (χ1) is 12.5. The molecule has 0 unspecified atom stereocenters. The highest BCUT2D eigenvalue weighted by molar-refractivity contribution is 7.99. The Morgan fingerprint density at radius 1 is 1.12 bits per heavy atom. The van der Waals surface area contributed by atoms with Crippen LogP contribution in [0.15, 0.2) is 58.2 Å². The van der Waals surface area contributed by atoms with Crippen molar-refractivity contribution in [3.63, 3.8) is 0 Å². The van der Waals surface area contributed by atoms with Crippen molar-refractivity contribution in [1.29, 1.82) is 0 Å². The summed E-state index contributed by atoms with van der Waals surface area (Å²) < 4.78 is 19.1. The fourth-order valence-corrected chi connectivity index (χ4v) is 2.79. The summed E-state index contributed by atoms with van der Waals surface area (Å²) in [6.45, 7) is 1.43. The number of amides is 1. The number of aromatic nitrogens is 2. The number of carbonyl (C=O) groups is 2. The van der Waals surface area contributed by atoms with E-state index in [0.29, 0.717) is 11.3 Å². The second-order valence-corrected chi connectivity index (χ2v) is 6.22. The molecule has 0 saturated carbocycles. The number of para-hydroxylation sites is 1. The third-order valence-corrected chi connectivity index (χ3v) is 4.24. The van der Waals surface area contributed by atoms with E-state index in [-0.39, 0.29) is 34.1 Å². The van der Waals surface area contributed by atoms with Crippen molar-refractivity contribution in [1.82, 2.24) is 10.2 Å². The van der Waals surface area contributed by atoms with Crippen LogP contribution in [0.2, 0.25) is 0 Å². The van der Waals surface area contributed by atoms with Gasteiger partial charge in [0.25, 0.3) is 11.1 Å². The number of rotatable bonds is 6. The zero-order chi connectivity index (χ0) is 18.5. The van der Waals surface area contributed by atoms with Gasteiger partial charge in [-0.1, -0.05) is 36.0 Å². The average Bonchev–Trinajstić information content (AvgIpc) is 3.09. The van der Waals surface area contributed by atoms with Crippen molar-refractivity contribution in [3.8, 4) is 11.5 Å². The minimum atomic E-state index is -0.466. The third kappa shape index (κ3) is 4.15. The van der Waals surface area contributed by atoms with Gasteiger partial charge in [0, 0.05) is 5.56 Å². The maximum absolute atomic E-state index is 13.7. The van der Waals surface area contributed by atoms with Gasteiger partial charge in [-0.15, -0.1) is 10.2 Å². The maximum atomic E-state index is 13.7. The molecule has 3 aromatic rings. The Labute approximate surface area is 152 Å². The summed E-state index contributed by atoms with van der Waals surface area (Å²) in [5, 5.41) is 10.4.